The lowest BCUT2D eigenvalue weighted by molar-refractivity contribution is -0.207. The number of hydrogen-bond donors (Lipinski definition) is 3. The SMILES string of the molecule is CC(=O)C1C(=O)C(C(C)C)[C@@]2(C)C[C@@]3(C)Cc4c(C#CCCCCC#Cc5ccc(O)c6c5C[C@]5(C)C[C@]7(C)C(C(C)C)C(=O)C(C(C)=O)C(=O)[C@]7(O)C(=O)C5C6=O)ccc(C)c4C(=O)C3C(=O)[C@@]2(O)C1=O. The first-order valence-corrected chi connectivity index (χ1v) is 25.2. The van der Waals surface area contributed by atoms with E-state index in [2.05, 4.69) is 23.7 Å². The lowest BCUT2D eigenvalue weighted by atomic mass is 9.39. The van der Waals surface area contributed by atoms with Crippen molar-refractivity contribution in [3.8, 4) is 29.4 Å². The predicted octanol–water partition coefficient (Wildman–Crippen LogP) is 6.07. The van der Waals surface area contributed by atoms with Crippen LogP contribution in [0.2, 0.25) is 0 Å². The molecule has 13 nitrogen and oxygen atoms in total. The van der Waals surface area contributed by atoms with E-state index in [1.54, 1.807) is 67.5 Å². The molecule has 6 unspecified atom stereocenters. The van der Waals surface area contributed by atoms with Crippen LogP contribution < -0.4 is 0 Å². The molecule has 6 aliphatic carbocycles. The number of aliphatic hydroxyl groups is 2. The van der Waals surface area contributed by atoms with Crippen LogP contribution in [-0.4, -0.2) is 84.4 Å². The van der Waals surface area contributed by atoms with Gasteiger partial charge in [0.05, 0.1) is 17.4 Å². The average molecular weight is 981 g/mol. The third-order valence-corrected chi connectivity index (χ3v) is 18.1. The number of carbonyl (C=O) groups is 10. The van der Waals surface area contributed by atoms with E-state index in [9.17, 15) is 63.3 Å². The smallest absolute Gasteiger partial charge is 0.190 e. The molecule has 0 spiro atoms. The van der Waals surface area contributed by atoms with Crippen molar-refractivity contribution in [3.63, 3.8) is 0 Å². The second-order valence-corrected chi connectivity index (χ2v) is 23.7. The first-order chi connectivity index (χ1) is 33.4. The number of unbranched alkanes of at least 4 members (excludes halogenated alkanes) is 3. The van der Waals surface area contributed by atoms with E-state index in [0.717, 1.165) is 13.8 Å². The molecule has 0 aliphatic heterocycles. The molecule has 0 heterocycles. The Hall–Kier alpha value is -6.02. The van der Waals surface area contributed by atoms with Crippen LogP contribution in [0, 0.1) is 99.6 Å². The maximum atomic E-state index is 14.7. The first-order valence-electron chi connectivity index (χ1n) is 25.2. The molecule has 4 saturated carbocycles. The Bertz CT molecular complexity index is 2820. The third-order valence-electron chi connectivity index (χ3n) is 18.1. The van der Waals surface area contributed by atoms with Crippen molar-refractivity contribution in [2.24, 2.45) is 69.0 Å². The molecule has 72 heavy (non-hydrogen) atoms. The zero-order valence-corrected chi connectivity index (χ0v) is 43.0. The number of hydrogen-bond acceptors (Lipinski definition) is 13. The number of aromatic hydroxyl groups is 1. The van der Waals surface area contributed by atoms with Gasteiger partial charge in [-0.15, -0.1) is 0 Å². The van der Waals surface area contributed by atoms with E-state index in [0.29, 0.717) is 59.1 Å². The predicted molar refractivity (Wildman–Crippen MR) is 261 cm³/mol. The summed E-state index contributed by atoms with van der Waals surface area (Å²) in [6.07, 6.45) is 2.44. The highest BCUT2D eigenvalue weighted by Gasteiger charge is 2.78. The molecular formula is C59H64O13. The van der Waals surface area contributed by atoms with E-state index in [1.165, 1.54) is 13.0 Å². The minimum absolute atomic E-state index is 0.00398. The average Bonchev–Trinajstić information content (AvgIpc) is 3.25. The molecule has 6 aliphatic rings. The molecule has 13 heteroatoms. The van der Waals surface area contributed by atoms with Crippen LogP contribution in [0.5, 0.6) is 5.75 Å². The largest absolute Gasteiger partial charge is 0.507 e. The standard InChI is InChI=1S/C59H64O13/c1-28(2)42-47(64)39(31(6)60)50(67)58(71)52(69)44-46(63)38-30(5)20-21-33(35(38)24-54(44,8)26-56(42,58)10)18-16-14-12-13-15-17-19-34-22-23-37(62)41-36(34)25-55(9)27-57(11)43(29(3)4)48(65)40(32(7)61)51(68)59(57,72)53(70)45(55)49(41)66/h20-23,28-29,39-40,42-45,62,71-72H,12-15,24-27H2,1-11H3/t39?,40?,42?,43?,44?,45?,54-,55-,56-,57-,58+,59+/m1/s1. The van der Waals surface area contributed by atoms with Crippen molar-refractivity contribution >= 4 is 57.8 Å². The van der Waals surface area contributed by atoms with Gasteiger partial charge in [0.25, 0.3) is 0 Å². The zero-order chi connectivity index (χ0) is 53.3. The summed E-state index contributed by atoms with van der Waals surface area (Å²) in [6, 6.07) is 6.52. The van der Waals surface area contributed by atoms with E-state index in [1.807, 2.05) is 6.07 Å². The molecule has 378 valence electrons. The number of benzene rings is 2. The molecule has 0 aromatic heterocycles. The van der Waals surface area contributed by atoms with Gasteiger partial charge >= 0.3 is 0 Å². The Morgan fingerprint density at radius 2 is 0.972 bits per heavy atom. The Morgan fingerprint density at radius 1 is 0.597 bits per heavy atom. The molecule has 8 rings (SSSR count). The number of aryl methyl sites for hydroxylation is 1. The summed E-state index contributed by atoms with van der Waals surface area (Å²) in [7, 11) is 0. The normalized spacial score (nSPS) is 35.8. The number of phenolic OH excluding ortho intramolecular Hbond substituents is 1. The van der Waals surface area contributed by atoms with Crippen molar-refractivity contribution in [1.29, 1.82) is 0 Å². The molecule has 3 N–H and O–H groups in total. The number of phenols is 1. The highest BCUT2D eigenvalue weighted by molar-refractivity contribution is 6.34. The Balaban J connectivity index is 1.00. The fraction of sp³-hybridized carbons (Fsp3) is 0.559. The minimum atomic E-state index is -2.78. The Morgan fingerprint density at radius 3 is 1.36 bits per heavy atom. The quantitative estimate of drug-likeness (QED) is 0.163. The number of Topliss-reactive ketones (excluding diaryl/α,β-unsaturated/α-hetero) is 10. The highest BCUT2D eigenvalue weighted by atomic mass is 16.3. The van der Waals surface area contributed by atoms with Gasteiger partial charge in [0.15, 0.2) is 57.5 Å². The second-order valence-electron chi connectivity index (χ2n) is 23.7. The lowest BCUT2D eigenvalue weighted by Crippen LogP contribution is -2.76. The van der Waals surface area contributed by atoms with Gasteiger partial charge < -0.3 is 15.3 Å². The van der Waals surface area contributed by atoms with Crippen molar-refractivity contribution < 1.29 is 63.3 Å². The second kappa shape index (κ2) is 17.3. The van der Waals surface area contributed by atoms with Crippen LogP contribution in [0.15, 0.2) is 24.3 Å². The topological polar surface area (TPSA) is 231 Å². The minimum Gasteiger partial charge on any atom is -0.507 e. The lowest BCUT2D eigenvalue weighted by Gasteiger charge is -2.62. The molecule has 4 fully saturated rings. The van der Waals surface area contributed by atoms with Crippen molar-refractivity contribution in [1.82, 2.24) is 0 Å². The zero-order valence-electron chi connectivity index (χ0n) is 43.0. The van der Waals surface area contributed by atoms with Crippen LogP contribution in [0.3, 0.4) is 0 Å². The van der Waals surface area contributed by atoms with Gasteiger partial charge in [0.2, 0.25) is 0 Å². The summed E-state index contributed by atoms with van der Waals surface area (Å²) in [6.45, 7) is 17.6. The number of ketones is 10. The molecule has 2 aromatic rings. The van der Waals surface area contributed by atoms with Gasteiger partial charge in [-0.1, -0.05) is 85.1 Å². The van der Waals surface area contributed by atoms with Crippen LogP contribution in [0.4, 0.5) is 0 Å². The van der Waals surface area contributed by atoms with Gasteiger partial charge in [0.1, 0.15) is 29.2 Å². The summed E-state index contributed by atoms with van der Waals surface area (Å²) in [5.41, 5.74) is -7.98. The third kappa shape index (κ3) is 6.96. The van der Waals surface area contributed by atoms with Crippen LogP contribution >= 0.6 is 0 Å². The van der Waals surface area contributed by atoms with Gasteiger partial charge in [-0.2, -0.15) is 0 Å². The van der Waals surface area contributed by atoms with E-state index in [-0.39, 0.29) is 37.0 Å². The van der Waals surface area contributed by atoms with Gasteiger partial charge in [0, 0.05) is 52.2 Å². The fourth-order valence-electron chi connectivity index (χ4n) is 15.4. The van der Waals surface area contributed by atoms with Gasteiger partial charge in [-0.25, -0.2) is 0 Å². The first kappa shape index (κ1) is 52.3. The Labute approximate surface area is 420 Å². The molecule has 0 saturated heterocycles. The fourth-order valence-corrected chi connectivity index (χ4v) is 15.4. The van der Waals surface area contributed by atoms with E-state index in [4.69, 9.17) is 0 Å². The summed E-state index contributed by atoms with van der Waals surface area (Å²) < 4.78 is 0. The molecule has 0 bridgehead atoms. The van der Waals surface area contributed by atoms with Crippen molar-refractivity contribution in [2.45, 2.75) is 139 Å². The molecule has 0 amide bonds. The Kier molecular flexibility index (Phi) is 12.6. The van der Waals surface area contributed by atoms with Crippen LogP contribution in [0.25, 0.3) is 0 Å². The summed E-state index contributed by atoms with van der Waals surface area (Å²) in [5.74, 6) is -5.44. The monoisotopic (exact) mass is 980 g/mol. The van der Waals surface area contributed by atoms with E-state index < -0.39 is 138 Å². The molecule has 2 aromatic carbocycles. The highest BCUT2D eigenvalue weighted by Crippen LogP contribution is 2.65. The summed E-state index contributed by atoms with van der Waals surface area (Å²) in [4.78, 5) is 139. The number of fused-ring (bicyclic) bond motifs is 6. The summed E-state index contributed by atoms with van der Waals surface area (Å²) in [5, 5.41) is 35.7. The summed E-state index contributed by atoms with van der Waals surface area (Å²) >= 11 is 0. The molecular weight excluding hydrogens is 917 g/mol. The van der Waals surface area contributed by atoms with Crippen LogP contribution in [0.1, 0.15) is 156 Å². The molecule has 12 atom stereocenters. The maximum absolute atomic E-state index is 14.7. The number of rotatable bonds is 7. The maximum Gasteiger partial charge on any atom is 0.190 e. The number of carbonyl (C=O) groups excluding carboxylic acids is 10. The van der Waals surface area contributed by atoms with E-state index >= 15 is 0 Å². The van der Waals surface area contributed by atoms with Crippen LogP contribution in [-0.2, 0) is 51.2 Å². The van der Waals surface area contributed by atoms with Gasteiger partial charge in [-0.3, -0.25) is 47.9 Å². The van der Waals surface area contributed by atoms with Crippen molar-refractivity contribution in [2.75, 3.05) is 0 Å². The van der Waals surface area contributed by atoms with Gasteiger partial charge in [-0.05, 0) is 117 Å². The van der Waals surface area contributed by atoms with Crippen molar-refractivity contribution in [3.05, 3.63) is 63.2 Å². The molecule has 0 radical (unpaired) electrons.